The highest BCUT2D eigenvalue weighted by molar-refractivity contribution is 7.89. The van der Waals surface area contributed by atoms with Crippen molar-refractivity contribution in [3.8, 4) is 0 Å². The van der Waals surface area contributed by atoms with Gasteiger partial charge in [0.25, 0.3) is 0 Å². The monoisotopic (exact) mass is 348 g/mol. The van der Waals surface area contributed by atoms with E-state index in [0.717, 1.165) is 0 Å². The van der Waals surface area contributed by atoms with Crippen LogP contribution in [0.3, 0.4) is 0 Å². The van der Waals surface area contributed by atoms with E-state index in [9.17, 15) is 18.0 Å². The molecule has 134 valence electrons. The van der Waals surface area contributed by atoms with Crippen LogP contribution in [0.4, 0.5) is 4.79 Å². The fourth-order valence-electron chi connectivity index (χ4n) is 2.48. The van der Waals surface area contributed by atoms with Gasteiger partial charge >= 0.3 is 6.03 Å². The second kappa shape index (κ2) is 9.07. The third-order valence-corrected chi connectivity index (χ3v) is 5.80. The lowest BCUT2D eigenvalue weighted by atomic mass is 10.1. The number of carbonyl (C=O) groups excluding carboxylic acids is 2. The molecule has 0 aromatic rings. The Morgan fingerprint density at radius 3 is 2.26 bits per heavy atom. The molecule has 1 fully saturated rings. The van der Waals surface area contributed by atoms with Gasteiger partial charge in [-0.25, -0.2) is 17.5 Å². The quantitative estimate of drug-likeness (QED) is 0.675. The number of nitrogens with zero attached hydrogens (tertiary/aromatic N) is 2. The Labute approximate surface area is 138 Å². The van der Waals surface area contributed by atoms with Crippen LogP contribution in [0.1, 0.15) is 33.6 Å². The number of sulfonamides is 1. The summed E-state index contributed by atoms with van der Waals surface area (Å²) in [6, 6.07) is -0.343. The van der Waals surface area contributed by atoms with Gasteiger partial charge in [-0.3, -0.25) is 4.79 Å². The molecule has 1 heterocycles. The molecular formula is C14H28N4O4S. The molecule has 8 nitrogen and oxygen atoms in total. The molecule has 0 radical (unpaired) electrons. The smallest absolute Gasteiger partial charge is 0.318 e. The number of carbonyl (C=O) groups is 2. The maximum atomic E-state index is 12.2. The molecule has 1 saturated heterocycles. The van der Waals surface area contributed by atoms with Crippen molar-refractivity contribution in [2.45, 2.75) is 39.7 Å². The molecule has 0 saturated carbocycles. The molecule has 0 aliphatic carbocycles. The summed E-state index contributed by atoms with van der Waals surface area (Å²) < 4.78 is 25.1. The molecule has 0 spiro atoms. The predicted molar refractivity (Wildman–Crippen MR) is 88.5 cm³/mol. The van der Waals surface area contributed by atoms with Crippen molar-refractivity contribution in [1.82, 2.24) is 19.8 Å². The van der Waals surface area contributed by atoms with Crippen molar-refractivity contribution in [1.29, 1.82) is 0 Å². The zero-order valence-corrected chi connectivity index (χ0v) is 15.0. The minimum atomic E-state index is -3.16. The first kappa shape index (κ1) is 19.7. The summed E-state index contributed by atoms with van der Waals surface area (Å²) in [5.41, 5.74) is 0. The molecule has 1 aliphatic rings. The zero-order chi connectivity index (χ0) is 17.5. The van der Waals surface area contributed by atoms with E-state index >= 15 is 0 Å². The number of hydrogen-bond acceptors (Lipinski definition) is 4. The lowest BCUT2D eigenvalue weighted by molar-refractivity contribution is -0.121. The van der Waals surface area contributed by atoms with Crippen LogP contribution < -0.4 is 10.6 Å². The summed E-state index contributed by atoms with van der Waals surface area (Å²) in [5, 5.41) is 5.56. The fourth-order valence-corrected chi connectivity index (χ4v) is 3.61. The maximum absolute atomic E-state index is 12.2. The molecule has 9 heteroatoms. The number of piperidine rings is 1. The highest BCUT2D eigenvalue weighted by Crippen LogP contribution is 2.14. The van der Waals surface area contributed by atoms with Gasteiger partial charge in [0.1, 0.15) is 6.54 Å². The Balaban J connectivity index is 2.47. The normalized spacial score (nSPS) is 16.8. The molecule has 1 aliphatic heterocycles. The average molecular weight is 348 g/mol. The lowest BCUT2D eigenvalue weighted by Gasteiger charge is -2.32. The van der Waals surface area contributed by atoms with Crippen LogP contribution in [0.5, 0.6) is 0 Å². The Morgan fingerprint density at radius 2 is 1.78 bits per heavy atom. The Morgan fingerprint density at radius 1 is 1.17 bits per heavy atom. The van der Waals surface area contributed by atoms with Crippen LogP contribution in [0.15, 0.2) is 0 Å². The maximum Gasteiger partial charge on any atom is 0.318 e. The average Bonchev–Trinajstić information content (AvgIpc) is 2.53. The minimum Gasteiger partial charge on any atom is -0.355 e. The van der Waals surface area contributed by atoms with Gasteiger partial charge in [0, 0.05) is 32.2 Å². The zero-order valence-electron chi connectivity index (χ0n) is 14.2. The predicted octanol–water partition coefficient (Wildman–Crippen LogP) is -0.0319. The van der Waals surface area contributed by atoms with Crippen LogP contribution in [-0.4, -0.2) is 74.1 Å². The van der Waals surface area contributed by atoms with E-state index in [-0.39, 0.29) is 30.3 Å². The summed E-state index contributed by atoms with van der Waals surface area (Å²) in [4.78, 5) is 25.3. The highest BCUT2D eigenvalue weighted by Gasteiger charge is 2.28. The molecule has 0 atom stereocenters. The number of amides is 3. The van der Waals surface area contributed by atoms with E-state index in [1.54, 1.807) is 6.92 Å². The van der Waals surface area contributed by atoms with Crippen molar-refractivity contribution >= 4 is 22.0 Å². The van der Waals surface area contributed by atoms with Crippen molar-refractivity contribution < 1.29 is 18.0 Å². The first-order chi connectivity index (χ1) is 10.8. The van der Waals surface area contributed by atoms with Crippen molar-refractivity contribution in [2.75, 3.05) is 38.5 Å². The van der Waals surface area contributed by atoms with E-state index in [1.165, 1.54) is 9.21 Å². The van der Waals surface area contributed by atoms with Gasteiger partial charge < -0.3 is 15.5 Å². The highest BCUT2D eigenvalue weighted by atomic mass is 32.2. The Hall–Kier alpha value is -1.35. The standard InChI is InChI=1S/C14H28N4O4S/c1-4-15-13(19)11-17(5-2)14(20)16-12-7-9-18(10-8-12)23(21,22)6-3/h12H,4-11H2,1-3H3,(H,15,19)(H,16,20). The molecule has 3 amide bonds. The summed E-state index contributed by atoms with van der Waals surface area (Å²) in [7, 11) is -3.16. The van der Waals surface area contributed by atoms with E-state index in [2.05, 4.69) is 10.6 Å². The topological polar surface area (TPSA) is 98.8 Å². The number of hydrogen-bond donors (Lipinski definition) is 2. The Kier molecular flexibility index (Phi) is 7.77. The van der Waals surface area contributed by atoms with E-state index < -0.39 is 10.0 Å². The minimum absolute atomic E-state index is 0.0270. The van der Waals surface area contributed by atoms with Crippen LogP contribution in [0.2, 0.25) is 0 Å². The van der Waals surface area contributed by atoms with Crippen LogP contribution >= 0.6 is 0 Å². The second-order valence-corrected chi connectivity index (χ2v) is 7.75. The molecule has 0 bridgehead atoms. The van der Waals surface area contributed by atoms with Gasteiger partial charge in [-0.05, 0) is 33.6 Å². The van der Waals surface area contributed by atoms with Crippen molar-refractivity contribution in [3.63, 3.8) is 0 Å². The van der Waals surface area contributed by atoms with E-state index in [0.29, 0.717) is 39.0 Å². The van der Waals surface area contributed by atoms with Crippen LogP contribution in [0, 0.1) is 0 Å². The molecule has 1 rings (SSSR count). The molecule has 0 aromatic heterocycles. The summed E-state index contributed by atoms with van der Waals surface area (Å²) in [6.45, 7) is 7.10. The SMILES string of the molecule is CCNC(=O)CN(CC)C(=O)NC1CCN(S(=O)(=O)CC)CC1. The van der Waals surface area contributed by atoms with Crippen molar-refractivity contribution in [2.24, 2.45) is 0 Å². The first-order valence-electron chi connectivity index (χ1n) is 8.13. The number of rotatable bonds is 7. The van der Waals surface area contributed by atoms with Gasteiger partial charge in [-0.2, -0.15) is 0 Å². The molecule has 23 heavy (non-hydrogen) atoms. The first-order valence-corrected chi connectivity index (χ1v) is 9.74. The van der Waals surface area contributed by atoms with Gasteiger partial charge in [0.15, 0.2) is 0 Å². The molecule has 0 aromatic carbocycles. The summed E-state index contributed by atoms with van der Waals surface area (Å²) >= 11 is 0. The van der Waals surface area contributed by atoms with E-state index in [4.69, 9.17) is 0 Å². The fraction of sp³-hybridized carbons (Fsp3) is 0.857. The van der Waals surface area contributed by atoms with Crippen molar-refractivity contribution in [3.05, 3.63) is 0 Å². The Bertz CT molecular complexity index is 501. The van der Waals surface area contributed by atoms with Crippen LogP contribution in [-0.2, 0) is 14.8 Å². The summed E-state index contributed by atoms with van der Waals surface area (Å²) in [6.07, 6.45) is 1.17. The largest absolute Gasteiger partial charge is 0.355 e. The second-order valence-electron chi connectivity index (χ2n) is 5.49. The number of urea groups is 1. The molecular weight excluding hydrogens is 320 g/mol. The van der Waals surface area contributed by atoms with Gasteiger partial charge in [0.2, 0.25) is 15.9 Å². The van der Waals surface area contributed by atoms with Crippen LogP contribution in [0.25, 0.3) is 0 Å². The van der Waals surface area contributed by atoms with Gasteiger partial charge in [0.05, 0.1) is 5.75 Å². The summed E-state index contributed by atoms with van der Waals surface area (Å²) in [5.74, 6) is -0.0893. The number of nitrogens with one attached hydrogen (secondary N) is 2. The third-order valence-electron chi connectivity index (χ3n) is 3.92. The lowest BCUT2D eigenvalue weighted by Crippen LogP contribution is -2.52. The molecule has 2 N–H and O–H groups in total. The molecule has 0 unspecified atom stereocenters. The van der Waals surface area contributed by atoms with E-state index in [1.807, 2.05) is 13.8 Å². The van der Waals surface area contributed by atoms with Gasteiger partial charge in [-0.15, -0.1) is 0 Å². The van der Waals surface area contributed by atoms with Gasteiger partial charge in [-0.1, -0.05) is 0 Å². The number of likely N-dealkylation sites (N-methyl/N-ethyl adjacent to an activating group) is 2. The third kappa shape index (κ3) is 5.98.